The van der Waals surface area contributed by atoms with Gasteiger partial charge in [0.1, 0.15) is 0 Å². The van der Waals surface area contributed by atoms with Gasteiger partial charge in [-0.05, 0) is 54.8 Å². The molecule has 0 atom stereocenters. The summed E-state index contributed by atoms with van der Waals surface area (Å²) in [6, 6.07) is 10.1. The van der Waals surface area contributed by atoms with Crippen LogP contribution in [0, 0.1) is 0 Å². The summed E-state index contributed by atoms with van der Waals surface area (Å²) in [6.45, 7) is 0. The van der Waals surface area contributed by atoms with Crippen molar-refractivity contribution in [3.05, 3.63) is 48.3 Å². The Balaban J connectivity index is 2.02. The Kier molecular flexibility index (Phi) is 5.21. The van der Waals surface area contributed by atoms with E-state index in [1.165, 1.54) is 24.8 Å². The highest BCUT2D eigenvalue weighted by atomic mass is 32.1. The van der Waals surface area contributed by atoms with E-state index in [1.807, 2.05) is 24.4 Å². The minimum absolute atomic E-state index is 0.940. The molecule has 0 fully saturated rings. The number of aryl methyl sites for hydroxylation is 1. The molecule has 0 spiro atoms. The number of unbranched alkanes of at least 4 members (excludes halogenated alkanes) is 2. The summed E-state index contributed by atoms with van der Waals surface area (Å²) in [6.07, 6.45) is 8.43. The molecule has 0 aromatic carbocycles. The molecule has 0 aliphatic carbocycles. The third-order valence-corrected chi connectivity index (χ3v) is 3.19. The van der Waals surface area contributed by atoms with Gasteiger partial charge in [-0.15, -0.1) is 0 Å². The molecule has 2 aromatic heterocycles. The lowest BCUT2D eigenvalue weighted by molar-refractivity contribution is 0.723. The summed E-state index contributed by atoms with van der Waals surface area (Å²) in [4.78, 5) is 8.71. The first-order chi connectivity index (χ1) is 8.90. The number of rotatable bonds is 6. The summed E-state index contributed by atoms with van der Waals surface area (Å²) >= 11 is 4.23. The first-order valence-electron chi connectivity index (χ1n) is 6.37. The molecule has 2 aromatic rings. The Morgan fingerprint density at radius 1 is 0.889 bits per heavy atom. The second-order valence-electron chi connectivity index (χ2n) is 4.30. The van der Waals surface area contributed by atoms with Gasteiger partial charge in [0.2, 0.25) is 0 Å². The SMILES string of the molecule is SCCCCCc1ccnc(-c2ccccn2)c1. The molecule has 0 saturated carbocycles. The molecular weight excluding hydrogens is 240 g/mol. The van der Waals surface area contributed by atoms with E-state index in [4.69, 9.17) is 0 Å². The van der Waals surface area contributed by atoms with Gasteiger partial charge in [0, 0.05) is 12.4 Å². The van der Waals surface area contributed by atoms with Crippen molar-refractivity contribution >= 4 is 12.6 Å². The summed E-state index contributed by atoms with van der Waals surface area (Å²) < 4.78 is 0. The van der Waals surface area contributed by atoms with Crippen LogP contribution in [0.4, 0.5) is 0 Å². The van der Waals surface area contributed by atoms with Crippen LogP contribution in [0.25, 0.3) is 11.4 Å². The number of pyridine rings is 2. The van der Waals surface area contributed by atoms with Crippen molar-refractivity contribution in [1.82, 2.24) is 9.97 Å². The molecule has 0 N–H and O–H groups in total. The van der Waals surface area contributed by atoms with Crippen LogP contribution < -0.4 is 0 Å². The van der Waals surface area contributed by atoms with Crippen molar-refractivity contribution < 1.29 is 0 Å². The first-order valence-corrected chi connectivity index (χ1v) is 7.00. The van der Waals surface area contributed by atoms with Crippen LogP contribution in [-0.2, 0) is 6.42 Å². The lowest BCUT2D eigenvalue weighted by Gasteiger charge is -2.04. The molecular formula is C15H18N2S. The highest BCUT2D eigenvalue weighted by molar-refractivity contribution is 7.80. The average Bonchev–Trinajstić information content (AvgIpc) is 2.45. The Morgan fingerprint density at radius 3 is 2.56 bits per heavy atom. The fourth-order valence-electron chi connectivity index (χ4n) is 1.90. The van der Waals surface area contributed by atoms with Gasteiger partial charge in [0.05, 0.1) is 11.4 Å². The van der Waals surface area contributed by atoms with E-state index in [2.05, 4.69) is 34.7 Å². The minimum Gasteiger partial charge on any atom is -0.255 e. The van der Waals surface area contributed by atoms with Gasteiger partial charge in [0.25, 0.3) is 0 Å². The third-order valence-electron chi connectivity index (χ3n) is 2.88. The summed E-state index contributed by atoms with van der Waals surface area (Å²) in [5.41, 5.74) is 3.24. The van der Waals surface area contributed by atoms with E-state index in [9.17, 15) is 0 Å². The van der Waals surface area contributed by atoms with E-state index >= 15 is 0 Å². The normalized spacial score (nSPS) is 10.5. The maximum absolute atomic E-state index is 4.38. The van der Waals surface area contributed by atoms with Gasteiger partial charge in [0.15, 0.2) is 0 Å². The van der Waals surface area contributed by atoms with Crippen LogP contribution in [0.1, 0.15) is 24.8 Å². The van der Waals surface area contributed by atoms with Gasteiger partial charge in [-0.1, -0.05) is 12.5 Å². The number of nitrogens with zero attached hydrogens (tertiary/aromatic N) is 2. The Bertz CT molecular complexity index is 471. The highest BCUT2D eigenvalue weighted by Crippen LogP contribution is 2.16. The molecule has 2 nitrogen and oxygen atoms in total. The lowest BCUT2D eigenvalue weighted by Crippen LogP contribution is -1.91. The fraction of sp³-hybridized carbons (Fsp3) is 0.333. The third kappa shape index (κ3) is 3.84. The Labute approximate surface area is 114 Å². The van der Waals surface area contributed by atoms with Gasteiger partial charge in [-0.3, -0.25) is 9.97 Å². The van der Waals surface area contributed by atoms with Crippen LogP contribution in [0.2, 0.25) is 0 Å². The molecule has 94 valence electrons. The summed E-state index contributed by atoms with van der Waals surface area (Å²) in [5, 5.41) is 0. The van der Waals surface area contributed by atoms with Crippen molar-refractivity contribution in [3.8, 4) is 11.4 Å². The first kappa shape index (κ1) is 13.1. The van der Waals surface area contributed by atoms with Crippen molar-refractivity contribution in [2.24, 2.45) is 0 Å². The zero-order chi connectivity index (χ0) is 12.6. The lowest BCUT2D eigenvalue weighted by atomic mass is 10.1. The Morgan fingerprint density at radius 2 is 1.78 bits per heavy atom. The standard InChI is InChI=1S/C15H18N2S/c18-11-5-1-2-6-13-8-10-17-15(12-13)14-7-3-4-9-16-14/h3-4,7-10,12,18H,1-2,5-6,11H2. The molecule has 18 heavy (non-hydrogen) atoms. The molecule has 2 rings (SSSR count). The topological polar surface area (TPSA) is 25.8 Å². The molecule has 0 aliphatic rings. The minimum atomic E-state index is 0.940. The smallest absolute Gasteiger partial charge is 0.0888 e. The number of thiol groups is 1. The van der Waals surface area contributed by atoms with E-state index in [-0.39, 0.29) is 0 Å². The van der Waals surface area contributed by atoms with Crippen molar-refractivity contribution in [2.75, 3.05) is 5.75 Å². The van der Waals surface area contributed by atoms with E-state index in [0.717, 1.165) is 23.6 Å². The summed E-state index contributed by atoms with van der Waals surface area (Å²) in [7, 11) is 0. The van der Waals surface area contributed by atoms with E-state index < -0.39 is 0 Å². The van der Waals surface area contributed by atoms with Crippen molar-refractivity contribution in [2.45, 2.75) is 25.7 Å². The van der Waals surface area contributed by atoms with Crippen LogP contribution in [0.5, 0.6) is 0 Å². The van der Waals surface area contributed by atoms with Gasteiger partial charge in [-0.25, -0.2) is 0 Å². The zero-order valence-corrected chi connectivity index (χ0v) is 11.3. The average molecular weight is 258 g/mol. The quantitative estimate of drug-likeness (QED) is 0.630. The van der Waals surface area contributed by atoms with Gasteiger partial charge >= 0.3 is 0 Å². The predicted octanol–water partition coefficient (Wildman–Crippen LogP) is 3.79. The number of aromatic nitrogens is 2. The Hall–Kier alpha value is -1.35. The molecule has 0 saturated heterocycles. The molecule has 0 radical (unpaired) electrons. The number of hydrogen-bond acceptors (Lipinski definition) is 3. The second-order valence-corrected chi connectivity index (χ2v) is 4.75. The summed E-state index contributed by atoms with van der Waals surface area (Å²) in [5.74, 6) is 0.982. The maximum atomic E-state index is 4.38. The molecule has 0 amide bonds. The monoisotopic (exact) mass is 258 g/mol. The van der Waals surface area contributed by atoms with Gasteiger partial charge in [-0.2, -0.15) is 12.6 Å². The predicted molar refractivity (Wildman–Crippen MR) is 78.9 cm³/mol. The van der Waals surface area contributed by atoms with Crippen molar-refractivity contribution in [1.29, 1.82) is 0 Å². The van der Waals surface area contributed by atoms with Crippen LogP contribution in [-0.4, -0.2) is 15.7 Å². The van der Waals surface area contributed by atoms with Crippen molar-refractivity contribution in [3.63, 3.8) is 0 Å². The molecule has 3 heteroatoms. The van der Waals surface area contributed by atoms with Crippen LogP contribution in [0.3, 0.4) is 0 Å². The maximum Gasteiger partial charge on any atom is 0.0888 e. The second kappa shape index (κ2) is 7.17. The molecule has 0 unspecified atom stereocenters. The van der Waals surface area contributed by atoms with Crippen LogP contribution >= 0.6 is 12.6 Å². The molecule has 2 heterocycles. The van der Waals surface area contributed by atoms with E-state index in [1.54, 1.807) is 6.20 Å². The molecule has 0 aliphatic heterocycles. The van der Waals surface area contributed by atoms with Gasteiger partial charge < -0.3 is 0 Å². The fourth-order valence-corrected chi connectivity index (χ4v) is 2.13. The number of hydrogen-bond donors (Lipinski definition) is 1. The molecule has 0 bridgehead atoms. The van der Waals surface area contributed by atoms with Crippen LogP contribution in [0.15, 0.2) is 42.7 Å². The highest BCUT2D eigenvalue weighted by Gasteiger charge is 2.01. The van der Waals surface area contributed by atoms with E-state index in [0.29, 0.717) is 0 Å². The largest absolute Gasteiger partial charge is 0.255 e. The zero-order valence-electron chi connectivity index (χ0n) is 10.4.